The monoisotopic (exact) mass is 265 g/mol. The molecular weight excluding hydrogens is 254 g/mol. The zero-order valence-corrected chi connectivity index (χ0v) is 10.2. The maximum atomic E-state index is 11.5. The van der Waals surface area contributed by atoms with Gasteiger partial charge in [0.05, 0.1) is 0 Å². The van der Waals surface area contributed by atoms with Crippen LogP contribution >= 0.6 is 11.6 Å². The summed E-state index contributed by atoms with van der Waals surface area (Å²) in [6.07, 6.45) is 1.30. The van der Waals surface area contributed by atoms with Crippen molar-refractivity contribution in [2.24, 2.45) is 0 Å². The number of nitriles is 1. The Bertz CT molecular complexity index is 477. The van der Waals surface area contributed by atoms with E-state index in [0.717, 1.165) is 0 Å². The maximum absolute atomic E-state index is 11.5. The Morgan fingerprint density at radius 3 is 2.67 bits per heavy atom. The molecule has 0 atom stereocenters. The average Bonchev–Trinajstić information content (AvgIpc) is 2.39. The standard InChI is InChI=1S/C12H12ClN3O2/c13-5-6-15-12(18)9(7-14)8-16-10-1-3-11(17)4-2-10/h1-4,8,16-17H,5-6H2,(H,15,18)/b9-8-. The number of halogens is 1. The first-order valence-corrected chi connectivity index (χ1v) is 5.71. The highest BCUT2D eigenvalue weighted by Gasteiger charge is 2.07. The highest BCUT2D eigenvalue weighted by atomic mass is 35.5. The second-order valence-electron chi connectivity index (χ2n) is 3.31. The summed E-state index contributed by atoms with van der Waals surface area (Å²) >= 11 is 5.42. The van der Waals surface area contributed by atoms with Crippen molar-refractivity contribution in [2.75, 3.05) is 17.7 Å². The Labute approximate surface area is 110 Å². The summed E-state index contributed by atoms with van der Waals surface area (Å²) in [5.41, 5.74) is 0.610. The summed E-state index contributed by atoms with van der Waals surface area (Å²) in [6, 6.07) is 8.02. The number of nitrogens with one attached hydrogen (secondary N) is 2. The van der Waals surface area contributed by atoms with Crippen LogP contribution in [0.3, 0.4) is 0 Å². The maximum Gasteiger partial charge on any atom is 0.263 e. The van der Waals surface area contributed by atoms with Gasteiger partial charge < -0.3 is 15.7 Å². The molecule has 0 aliphatic rings. The van der Waals surface area contributed by atoms with E-state index in [1.165, 1.54) is 18.3 Å². The van der Waals surface area contributed by atoms with Crippen molar-refractivity contribution in [2.45, 2.75) is 0 Å². The quantitative estimate of drug-likeness (QED) is 0.326. The second-order valence-corrected chi connectivity index (χ2v) is 3.68. The van der Waals surface area contributed by atoms with Gasteiger partial charge in [-0.15, -0.1) is 11.6 Å². The minimum atomic E-state index is -0.482. The van der Waals surface area contributed by atoms with Gasteiger partial charge in [-0.1, -0.05) is 0 Å². The van der Waals surface area contributed by atoms with E-state index >= 15 is 0 Å². The molecule has 0 aliphatic heterocycles. The van der Waals surface area contributed by atoms with Crippen LogP contribution in [0.2, 0.25) is 0 Å². The topological polar surface area (TPSA) is 85.2 Å². The number of anilines is 1. The van der Waals surface area contributed by atoms with Gasteiger partial charge in [-0.25, -0.2) is 0 Å². The fraction of sp³-hybridized carbons (Fsp3) is 0.167. The van der Waals surface area contributed by atoms with Gasteiger partial charge in [0.15, 0.2) is 0 Å². The minimum Gasteiger partial charge on any atom is -0.508 e. The highest BCUT2D eigenvalue weighted by molar-refractivity contribution is 6.18. The number of hydrogen-bond acceptors (Lipinski definition) is 4. The number of carbonyl (C=O) groups is 1. The zero-order chi connectivity index (χ0) is 13.4. The fourth-order valence-corrected chi connectivity index (χ4v) is 1.21. The lowest BCUT2D eigenvalue weighted by molar-refractivity contribution is -0.117. The third-order valence-corrected chi connectivity index (χ3v) is 2.18. The van der Waals surface area contributed by atoms with Crippen LogP contribution in [0.4, 0.5) is 5.69 Å². The molecule has 0 fully saturated rings. The van der Waals surface area contributed by atoms with Gasteiger partial charge in [0.25, 0.3) is 5.91 Å². The van der Waals surface area contributed by atoms with Gasteiger partial charge in [-0.3, -0.25) is 4.79 Å². The molecule has 0 unspecified atom stereocenters. The molecule has 1 amide bonds. The molecule has 6 heteroatoms. The molecule has 1 rings (SSSR count). The van der Waals surface area contributed by atoms with Gasteiger partial charge in [-0.2, -0.15) is 5.26 Å². The molecule has 1 aromatic rings. The number of aromatic hydroxyl groups is 1. The van der Waals surface area contributed by atoms with Crippen LogP contribution in [0.25, 0.3) is 0 Å². The predicted octanol–water partition coefficient (Wildman–Crippen LogP) is 1.57. The summed E-state index contributed by atoms with van der Waals surface area (Å²) in [6.45, 7) is 0.304. The van der Waals surface area contributed by atoms with Crippen LogP contribution in [0, 0.1) is 11.3 Å². The molecule has 5 nitrogen and oxygen atoms in total. The fourth-order valence-electron chi connectivity index (χ4n) is 1.12. The first-order valence-electron chi connectivity index (χ1n) is 5.17. The number of nitrogens with zero attached hydrogens (tertiary/aromatic N) is 1. The molecule has 3 N–H and O–H groups in total. The summed E-state index contributed by atoms with van der Waals surface area (Å²) in [5, 5.41) is 23.2. The number of phenolic OH excluding ortho intramolecular Hbond substituents is 1. The minimum absolute atomic E-state index is 0.0480. The molecule has 94 valence electrons. The number of amides is 1. The van der Waals surface area contributed by atoms with E-state index in [4.69, 9.17) is 22.0 Å². The van der Waals surface area contributed by atoms with Crippen molar-refractivity contribution >= 4 is 23.2 Å². The second kappa shape index (κ2) is 7.20. The Balaban J connectivity index is 2.66. The first kappa shape index (κ1) is 13.9. The van der Waals surface area contributed by atoms with E-state index in [-0.39, 0.29) is 17.2 Å². The number of hydrogen-bond donors (Lipinski definition) is 3. The third-order valence-electron chi connectivity index (χ3n) is 2.00. The summed E-state index contributed by atoms with van der Waals surface area (Å²) in [4.78, 5) is 11.5. The lowest BCUT2D eigenvalue weighted by Crippen LogP contribution is -2.26. The van der Waals surface area contributed by atoms with Crippen molar-refractivity contribution in [1.82, 2.24) is 5.32 Å². The highest BCUT2D eigenvalue weighted by Crippen LogP contribution is 2.13. The molecule has 18 heavy (non-hydrogen) atoms. The summed E-state index contributed by atoms with van der Waals surface area (Å²) < 4.78 is 0. The van der Waals surface area contributed by atoms with Crippen LogP contribution in [-0.2, 0) is 4.79 Å². The van der Waals surface area contributed by atoms with Crippen LogP contribution in [-0.4, -0.2) is 23.4 Å². The van der Waals surface area contributed by atoms with Crippen LogP contribution in [0.15, 0.2) is 36.0 Å². The Morgan fingerprint density at radius 1 is 1.44 bits per heavy atom. The molecule has 0 bridgehead atoms. The molecule has 0 saturated heterocycles. The summed E-state index contributed by atoms with van der Waals surface area (Å²) in [5.74, 6) is -0.0511. The van der Waals surface area contributed by atoms with E-state index < -0.39 is 5.91 Å². The number of rotatable bonds is 5. The van der Waals surface area contributed by atoms with E-state index in [1.54, 1.807) is 18.2 Å². The molecule has 0 heterocycles. The van der Waals surface area contributed by atoms with E-state index in [1.807, 2.05) is 0 Å². The molecule has 0 saturated carbocycles. The largest absolute Gasteiger partial charge is 0.508 e. The number of carbonyl (C=O) groups excluding carboxylic acids is 1. The molecule has 0 aromatic heterocycles. The normalized spacial score (nSPS) is 10.6. The smallest absolute Gasteiger partial charge is 0.263 e. The zero-order valence-electron chi connectivity index (χ0n) is 9.48. The Hall–Kier alpha value is -2.19. The van der Waals surface area contributed by atoms with Gasteiger partial charge in [0, 0.05) is 24.3 Å². The molecule has 1 aromatic carbocycles. The lowest BCUT2D eigenvalue weighted by atomic mass is 10.2. The number of alkyl halides is 1. The van der Waals surface area contributed by atoms with Crippen molar-refractivity contribution in [1.29, 1.82) is 5.26 Å². The molecule has 0 aliphatic carbocycles. The molecule has 0 spiro atoms. The van der Waals surface area contributed by atoms with Crippen molar-refractivity contribution in [3.8, 4) is 11.8 Å². The number of benzene rings is 1. The Morgan fingerprint density at radius 2 is 2.11 bits per heavy atom. The van der Waals surface area contributed by atoms with Gasteiger partial charge in [-0.05, 0) is 24.3 Å². The van der Waals surface area contributed by atoms with E-state index in [2.05, 4.69) is 10.6 Å². The van der Waals surface area contributed by atoms with Crippen LogP contribution in [0.1, 0.15) is 0 Å². The lowest BCUT2D eigenvalue weighted by Gasteiger charge is -2.03. The average molecular weight is 266 g/mol. The van der Waals surface area contributed by atoms with Crippen molar-refractivity contribution in [3.05, 3.63) is 36.0 Å². The van der Waals surface area contributed by atoms with Crippen molar-refractivity contribution in [3.63, 3.8) is 0 Å². The molecule has 0 radical (unpaired) electrons. The van der Waals surface area contributed by atoms with Gasteiger partial charge in [0.1, 0.15) is 17.4 Å². The first-order chi connectivity index (χ1) is 8.67. The SMILES string of the molecule is N#C/C(=C/Nc1ccc(O)cc1)C(=O)NCCCl. The van der Waals surface area contributed by atoms with E-state index in [0.29, 0.717) is 12.2 Å². The summed E-state index contributed by atoms with van der Waals surface area (Å²) in [7, 11) is 0. The van der Waals surface area contributed by atoms with Gasteiger partial charge in [0.2, 0.25) is 0 Å². The number of phenols is 1. The van der Waals surface area contributed by atoms with Gasteiger partial charge >= 0.3 is 0 Å². The van der Waals surface area contributed by atoms with Crippen LogP contribution < -0.4 is 10.6 Å². The predicted molar refractivity (Wildman–Crippen MR) is 69.2 cm³/mol. The van der Waals surface area contributed by atoms with Crippen LogP contribution in [0.5, 0.6) is 5.75 Å². The van der Waals surface area contributed by atoms with E-state index in [9.17, 15) is 4.79 Å². The van der Waals surface area contributed by atoms with Crippen molar-refractivity contribution < 1.29 is 9.90 Å². The third kappa shape index (κ3) is 4.36. The molecular formula is C12H12ClN3O2. The Kier molecular flexibility index (Phi) is 5.55.